The second kappa shape index (κ2) is 7.11. The Kier molecular flexibility index (Phi) is 5.12. The van der Waals surface area contributed by atoms with Crippen LogP contribution in [0.1, 0.15) is 63.4 Å². The molecule has 3 rings (SSSR count). The molecule has 0 amide bonds. The molecule has 2 heterocycles. The summed E-state index contributed by atoms with van der Waals surface area (Å²) in [6.07, 6.45) is 0.975. The number of rotatable bonds is 4. The lowest BCUT2D eigenvalue weighted by molar-refractivity contribution is -0.139. The van der Waals surface area contributed by atoms with Crippen LogP contribution >= 0.6 is 0 Å². The Bertz CT molecular complexity index is 905. The number of Topliss-reactive ketones (excluding diaryl/α,β-unsaturated/α-hetero) is 1. The number of aromatic nitrogens is 2. The topological polar surface area (TPSA) is 96.4 Å². The summed E-state index contributed by atoms with van der Waals surface area (Å²) in [5.41, 5.74) is 9.19. The minimum Gasteiger partial charge on any atom is -0.462 e. The molecule has 1 aliphatic heterocycles. The van der Waals surface area contributed by atoms with Gasteiger partial charge in [-0.25, -0.2) is 4.79 Å². The molecule has 152 valence electrons. The van der Waals surface area contributed by atoms with Gasteiger partial charge in [-0.1, -0.05) is 13.8 Å². The van der Waals surface area contributed by atoms with Crippen molar-refractivity contribution in [1.82, 2.24) is 9.78 Å². The number of ether oxygens (including phenoxy) is 2. The van der Waals surface area contributed by atoms with E-state index in [1.54, 1.807) is 6.92 Å². The van der Waals surface area contributed by atoms with Crippen LogP contribution in [0.5, 0.6) is 0 Å². The third kappa shape index (κ3) is 3.23. The highest BCUT2D eigenvalue weighted by Crippen LogP contribution is 2.49. The largest absolute Gasteiger partial charge is 0.462 e. The zero-order chi connectivity index (χ0) is 20.8. The molecule has 1 unspecified atom stereocenters. The molecule has 0 aromatic carbocycles. The Morgan fingerprint density at radius 3 is 2.57 bits per heavy atom. The van der Waals surface area contributed by atoms with Gasteiger partial charge in [0.25, 0.3) is 0 Å². The molecule has 0 radical (unpaired) electrons. The molecule has 0 spiro atoms. The zero-order valence-electron chi connectivity index (χ0n) is 17.5. The van der Waals surface area contributed by atoms with E-state index in [-0.39, 0.29) is 29.3 Å². The maximum atomic E-state index is 13.2. The number of hydrogen-bond donors (Lipinski definition) is 1. The van der Waals surface area contributed by atoms with Crippen molar-refractivity contribution in [3.8, 4) is 0 Å². The number of allylic oxidation sites excluding steroid dienone is 2. The smallest absolute Gasteiger partial charge is 0.340 e. The lowest BCUT2D eigenvalue weighted by Crippen LogP contribution is -2.36. The summed E-state index contributed by atoms with van der Waals surface area (Å²) in [5.74, 6) is -0.631. The number of esters is 1. The monoisotopic (exact) mass is 387 g/mol. The molecule has 0 saturated heterocycles. The molecule has 1 aliphatic carbocycles. The molecule has 0 bridgehead atoms. The fourth-order valence-corrected chi connectivity index (χ4v) is 4.32. The van der Waals surface area contributed by atoms with Crippen molar-refractivity contribution >= 4 is 11.8 Å². The number of hydrogen-bond acceptors (Lipinski definition) is 6. The second-order valence-electron chi connectivity index (χ2n) is 8.21. The van der Waals surface area contributed by atoms with Crippen molar-refractivity contribution in [2.24, 2.45) is 11.1 Å². The van der Waals surface area contributed by atoms with Crippen LogP contribution in [0.25, 0.3) is 0 Å². The van der Waals surface area contributed by atoms with Crippen molar-refractivity contribution in [3.63, 3.8) is 0 Å². The highest BCUT2D eigenvalue weighted by atomic mass is 16.5. The fraction of sp³-hybridized carbons (Fsp3) is 0.571. The number of carbonyl (C=O) groups excluding carboxylic acids is 2. The molecule has 1 aromatic heterocycles. The molecule has 28 heavy (non-hydrogen) atoms. The standard InChI is InChI=1S/C21H29N3O4/c1-7-24-12(4)15(11(3)23-24)17-16-13(25)9-21(5,6)10-14(16)28-19(22)18(17)20(26)27-8-2/h17H,7-10,22H2,1-6H3. The SMILES string of the molecule is CCOC(=O)C1=C(N)OC2=C(C(=O)CC(C)(C)C2)C1c1c(C)nn(CC)c1C. The number of nitrogens with two attached hydrogens (primary N) is 1. The highest BCUT2D eigenvalue weighted by Gasteiger charge is 2.46. The van der Waals surface area contributed by atoms with Crippen LogP contribution in [-0.4, -0.2) is 28.1 Å². The second-order valence-corrected chi connectivity index (χ2v) is 8.21. The van der Waals surface area contributed by atoms with Crippen LogP contribution in [0.4, 0.5) is 0 Å². The first kappa shape index (κ1) is 20.2. The van der Waals surface area contributed by atoms with E-state index in [0.29, 0.717) is 30.7 Å². The maximum Gasteiger partial charge on any atom is 0.340 e. The number of ketones is 1. The Morgan fingerprint density at radius 2 is 2.00 bits per heavy atom. The van der Waals surface area contributed by atoms with Gasteiger partial charge in [-0.3, -0.25) is 9.48 Å². The average molecular weight is 387 g/mol. The van der Waals surface area contributed by atoms with Crippen LogP contribution in [0.15, 0.2) is 22.8 Å². The summed E-state index contributed by atoms with van der Waals surface area (Å²) in [4.78, 5) is 26.0. The van der Waals surface area contributed by atoms with Gasteiger partial charge in [-0.15, -0.1) is 0 Å². The summed E-state index contributed by atoms with van der Waals surface area (Å²) < 4.78 is 13.0. The molecule has 1 atom stereocenters. The Hall–Kier alpha value is -2.57. The molecule has 7 heteroatoms. The summed E-state index contributed by atoms with van der Waals surface area (Å²) in [7, 11) is 0. The van der Waals surface area contributed by atoms with Crippen molar-refractivity contribution in [1.29, 1.82) is 0 Å². The summed E-state index contributed by atoms with van der Waals surface area (Å²) in [6, 6.07) is 0. The lowest BCUT2D eigenvalue weighted by Gasteiger charge is -2.38. The summed E-state index contributed by atoms with van der Waals surface area (Å²) in [5, 5.41) is 4.59. The highest BCUT2D eigenvalue weighted by molar-refractivity contribution is 6.03. The maximum absolute atomic E-state index is 13.2. The number of nitrogens with zero attached hydrogens (tertiary/aromatic N) is 2. The Balaban J connectivity index is 2.26. The van der Waals surface area contributed by atoms with Crippen LogP contribution in [0.3, 0.4) is 0 Å². The molecule has 2 N–H and O–H groups in total. The Labute approximate surface area is 165 Å². The molecular weight excluding hydrogens is 358 g/mol. The molecular formula is C21H29N3O4. The molecule has 2 aliphatic rings. The van der Waals surface area contributed by atoms with Crippen molar-refractivity contribution in [2.45, 2.75) is 66.8 Å². The van der Waals surface area contributed by atoms with Crippen LogP contribution in [-0.2, 0) is 25.6 Å². The van der Waals surface area contributed by atoms with E-state index in [2.05, 4.69) is 5.10 Å². The quantitative estimate of drug-likeness (QED) is 0.798. The number of aryl methyl sites for hydroxylation is 2. The third-order valence-corrected chi connectivity index (χ3v) is 5.48. The zero-order valence-corrected chi connectivity index (χ0v) is 17.5. The van der Waals surface area contributed by atoms with Gasteiger partial charge in [-0.05, 0) is 33.1 Å². The van der Waals surface area contributed by atoms with E-state index in [1.807, 2.05) is 39.3 Å². The van der Waals surface area contributed by atoms with E-state index in [4.69, 9.17) is 15.2 Å². The van der Waals surface area contributed by atoms with Gasteiger partial charge in [-0.2, -0.15) is 5.10 Å². The van der Waals surface area contributed by atoms with E-state index < -0.39 is 11.9 Å². The van der Waals surface area contributed by atoms with Gasteiger partial charge in [0.2, 0.25) is 5.88 Å². The normalized spacial score (nSPS) is 21.5. The third-order valence-electron chi connectivity index (χ3n) is 5.48. The lowest BCUT2D eigenvalue weighted by atomic mass is 9.70. The van der Waals surface area contributed by atoms with Gasteiger partial charge < -0.3 is 15.2 Å². The minimum absolute atomic E-state index is 0.00995. The summed E-state index contributed by atoms with van der Waals surface area (Å²) >= 11 is 0. The van der Waals surface area contributed by atoms with E-state index in [9.17, 15) is 9.59 Å². The van der Waals surface area contributed by atoms with E-state index in [1.165, 1.54) is 0 Å². The molecule has 0 saturated carbocycles. The summed E-state index contributed by atoms with van der Waals surface area (Å²) in [6.45, 7) is 12.5. The van der Waals surface area contributed by atoms with Crippen LogP contribution in [0.2, 0.25) is 0 Å². The first-order chi connectivity index (χ1) is 13.1. The van der Waals surface area contributed by atoms with Gasteiger partial charge in [0.15, 0.2) is 5.78 Å². The van der Waals surface area contributed by atoms with Gasteiger partial charge in [0.05, 0.1) is 18.2 Å². The predicted molar refractivity (Wildman–Crippen MR) is 104 cm³/mol. The van der Waals surface area contributed by atoms with Gasteiger partial charge in [0, 0.05) is 36.2 Å². The van der Waals surface area contributed by atoms with Crippen LogP contribution in [0, 0.1) is 19.3 Å². The van der Waals surface area contributed by atoms with Crippen molar-refractivity contribution in [2.75, 3.05) is 6.61 Å². The van der Waals surface area contributed by atoms with Crippen molar-refractivity contribution in [3.05, 3.63) is 39.7 Å². The first-order valence-corrected chi connectivity index (χ1v) is 9.76. The first-order valence-electron chi connectivity index (χ1n) is 9.76. The van der Waals surface area contributed by atoms with Gasteiger partial charge >= 0.3 is 5.97 Å². The van der Waals surface area contributed by atoms with E-state index >= 15 is 0 Å². The molecule has 7 nitrogen and oxygen atoms in total. The predicted octanol–water partition coefficient (Wildman–Crippen LogP) is 3.01. The van der Waals surface area contributed by atoms with Crippen LogP contribution < -0.4 is 5.73 Å². The molecule has 1 aromatic rings. The number of carbonyl (C=O) groups is 2. The van der Waals surface area contributed by atoms with Gasteiger partial charge in [0.1, 0.15) is 11.3 Å². The Morgan fingerprint density at radius 1 is 1.32 bits per heavy atom. The average Bonchev–Trinajstić information content (AvgIpc) is 2.86. The molecule has 0 fully saturated rings. The van der Waals surface area contributed by atoms with E-state index in [0.717, 1.165) is 17.0 Å². The minimum atomic E-state index is -0.619. The van der Waals surface area contributed by atoms with Crippen molar-refractivity contribution < 1.29 is 19.1 Å². The fourth-order valence-electron chi connectivity index (χ4n) is 4.32.